The van der Waals surface area contributed by atoms with E-state index >= 15 is 0 Å². The first-order chi connectivity index (χ1) is 8.77. The molecule has 0 N–H and O–H groups in total. The number of rotatable bonds is 5. The zero-order valence-corrected chi connectivity index (χ0v) is 11.2. The third kappa shape index (κ3) is 3.94. The summed E-state index contributed by atoms with van der Waals surface area (Å²) in [5.41, 5.74) is 0.763. The number of aromatic nitrogens is 3. The fourth-order valence-corrected chi connectivity index (χ4v) is 1.69. The van der Waals surface area contributed by atoms with Gasteiger partial charge in [-0.3, -0.25) is 0 Å². The van der Waals surface area contributed by atoms with Crippen LogP contribution in [0.1, 0.15) is 44.6 Å². The van der Waals surface area contributed by atoms with E-state index in [-0.39, 0.29) is 6.42 Å². The summed E-state index contributed by atoms with van der Waals surface area (Å²) in [4.78, 5) is 0. The van der Waals surface area contributed by atoms with Gasteiger partial charge in [0.25, 0.3) is 0 Å². The Morgan fingerprint density at radius 1 is 1.32 bits per heavy atom. The molecule has 7 heteroatoms. The topological polar surface area (TPSA) is 54.5 Å². The summed E-state index contributed by atoms with van der Waals surface area (Å²) in [6.45, 7) is 5.03. The summed E-state index contributed by atoms with van der Waals surface area (Å²) in [6.07, 6.45) is -3.21. The smallest absolute Gasteiger partial charge is 0.237 e. The number of hydrogen-bond acceptors (Lipinski definition) is 3. The lowest BCUT2D eigenvalue weighted by Crippen LogP contribution is -2.26. The Morgan fingerprint density at radius 3 is 2.42 bits per heavy atom. The zero-order valence-electron chi connectivity index (χ0n) is 11.2. The second kappa shape index (κ2) is 6.04. The van der Waals surface area contributed by atoms with Crippen molar-refractivity contribution in [3.63, 3.8) is 0 Å². The van der Waals surface area contributed by atoms with Crippen molar-refractivity contribution in [1.29, 1.82) is 5.26 Å². The molecule has 0 radical (unpaired) electrons. The molecule has 0 aliphatic heterocycles. The molecule has 0 saturated heterocycles. The van der Waals surface area contributed by atoms with Crippen molar-refractivity contribution in [1.82, 2.24) is 15.0 Å². The normalized spacial score (nSPS) is 13.6. The molecule has 1 heterocycles. The highest BCUT2D eigenvalue weighted by molar-refractivity contribution is 5.15. The van der Waals surface area contributed by atoms with Crippen LogP contribution in [0.25, 0.3) is 0 Å². The molecule has 0 aliphatic carbocycles. The molecule has 0 bridgehead atoms. The molecule has 1 aromatic rings. The monoisotopic (exact) mass is 274 g/mol. The molecule has 0 amide bonds. The van der Waals surface area contributed by atoms with E-state index in [1.807, 2.05) is 19.9 Å². The minimum absolute atomic E-state index is 0.0159. The predicted octanol–water partition coefficient (Wildman–Crippen LogP) is 3.06. The fourth-order valence-electron chi connectivity index (χ4n) is 1.69. The second-order valence-corrected chi connectivity index (χ2v) is 4.91. The van der Waals surface area contributed by atoms with Crippen LogP contribution in [0.15, 0.2) is 0 Å². The first kappa shape index (κ1) is 15.5. The van der Waals surface area contributed by atoms with E-state index in [0.717, 1.165) is 18.0 Å². The van der Waals surface area contributed by atoms with Crippen molar-refractivity contribution in [2.45, 2.75) is 52.3 Å². The van der Waals surface area contributed by atoms with E-state index in [1.165, 1.54) is 0 Å². The van der Waals surface area contributed by atoms with E-state index < -0.39 is 12.2 Å². The van der Waals surface area contributed by atoms with Gasteiger partial charge in [-0.05, 0) is 25.7 Å². The lowest BCUT2D eigenvalue weighted by molar-refractivity contribution is -0.166. The fraction of sp³-hybridized carbons (Fsp3) is 0.750. The summed E-state index contributed by atoms with van der Waals surface area (Å²) >= 11 is 0. The molecule has 0 aromatic carbocycles. The summed E-state index contributed by atoms with van der Waals surface area (Å²) in [5, 5.41) is 16.0. The summed E-state index contributed by atoms with van der Waals surface area (Å²) in [5.74, 6) is 0.361. The largest absolute Gasteiger partial charge is 0.410 e. The molecule has 19 heavy (non-hydrogen) atoms. The van der Waals surface area contributed by atoms with Crippen LogP contribution in [0.2, 0.25) is 0 Å². The summed E-state index contributed by atoms with van der Waals surface area (Å²) in [7, 11) is 0. The van der Waals surface area contributed by atoms with Gasteiger partial charge in [0.15, 0.2) is 0 Å². The maximum Gasteiger partial charge on any atom is 0.410 e. The molecule has 0 spiro atoms. The maximum absolute atomic E-state index is 12.8. The summed E-state index contributed by atoms with van der Waals surface area (Å²) < 4.78 is 39.2. The van der Waals surface area contributed by atoms with Gasteiger partial charge >= 0.3 is 6.18 Å². The molecule has 106 valence electrons. The van der Waals surface area contributed by atoms with Crippen LogP contribution in [0, 0.1) is 17.2 Å². The van der Waals surface area contributed by atoms with Crippen molar-refractivity contribution in [3.05, 3.63) is 11.4 Å². The Balaban J connectivity index is 3.07. The van der Waals surface area contributed by atoms with Crippen LogP contribution in [0.4, 0.5) is 13.2 Å². The van der Waals surface area contributed by atoms with Gasteiger partial charge in [-0.25, -0.2) is 4.68 Å². The molecule has 1 atom stereocenters. The van der Waals surface area contributed by atoms with Crippen LogP contribution >= 0.6 is 0 Å². The third-order valence-corrected chi connectivity index (χ3v) is 2.92. The third-order valence-electron chi connectivity index (χ3n) is 2.92. The van der Waals surface area contributed by atoms with Gasteiger partial charge < -0.3 is 0 Å². The first-order valence-electron chi connectivity index (χ1n) is 6.14. The molecule has 0 aliphatic rings. The van der Waals surface area contributed by atoms with E-state index in [0.29, 0.717) is 23.7 Å². The molecule has 1 rings (SSSR count). The first-order valence-corrected chi connectivity index (χ1v) is 6.14. The Bertz CT molecular complexity index is 457. The Morgan fingerprint density at radius 2 is 1.95 bits per heavy atom. The average Bonchev–Trinajstić information content (AvgIpc) is 2.67. The number of nitriles is 1. The van der Waals surface area contributed by atoms with Crippen LogP contribution in [0.3, 0.4) is 0 Å². The van der Waals surface area contributed by atoms with Gasteiger partial charge in [-0.1, -0.05) is 19.1 Å². The quantitative estimate of drug-likeness (QED) is 0.829. The van der Waals surface area contributed by atoms with Crippen molar-refractivity contribution >= 4 is 0 Å². The SMILES string of the molecule is CC(C)CCc1c(CC#N)nnn1C(C)C(F)(F)F. The van der Waals surface area contributed by atoms with Crippen molar-refractivity contribution in [3.8, 4) is 6.07 Å². The zero-order chi connectivity index (χ0) is 14.6. The van der Waals surface area contributed by atoms with Crippen LogP contribution in [-0.2, 0) is 12.8 Å². The van der Waals surface area contributed by atoms with Crippen LogP contribution in [0.5, 0.6) is 0 Å². The minimum Gasteiger partial charge on any atom is -0.237 e. The van der Waals surface area contributed by atoms with Gasteiger partial charge in [0.2, 0.25) is 0 Å². The van der Waals surface area contributed by atoms with E-state index in [2.05, 4.69) is 10.3 Å². The molecule has 1 unspecified atom stereocenters. The van der Waals surface area contributed by atoms with Gasteiger partial charge in [-0.2, -0.15) is 18.4 Å². The highest BCUT2D eigenvalue weighted by Crippen LogP contribution is 2.31. The highest BCUT2D eigenvalue weighted by atomic mass is 19.4. The number of hydrogen-bond donors (Lipinski definition) is 0. The standard InChI is InChI=1S/C12H17F3N4/c1-8(2)4-5-11-10(6-7-16)17-18-19(11)9(3)12(13,14)15/h8-9H,4-6H2,1-3H3. The average molecular weight is 274 g/mol. The molecule has 0 fully saturated rings. The van der Waals surface area contributed by atoms with Gasteiger partial charge in [0.1, 0.15) is 6.04 Å². The van der Waals surface area contributed by atoms with Gasteiger partial charge in [-0.15, -0.1) is 5.10 Å². The Kier molecular flexibility index (Phi) is 4.92. The minimum atomic E-state index is -4.37. The Labute approximate surface area is 110 Å². The molecule has 0 saturated carbocycles. The van der Waals surface area contributed by atoms with E-state index in [4.69, 9.17) is 5.26 Å². The molecule has 1 aromatic heterocycles. The van der Waals surface area contributed by atoms with Crippen LogP contribution in [-0.4, -0.2) is 21.2 Å². The van der Waals surface area contributed by atoms with Crippen molar-refractivity contribution < 1.29 is 13.2 Å². The molecular weight excluding hydrogens is 257 g/mol. The molecule has 4 nitrogen and oxygen atoms in total. The lowest BCUT2D eigenvalue weighted by Gasteiger charge is -2.18. The Hall–Kier alpha value is -1.58. The molecular formula is C12H17F3N4. The predicted molar refractivity (Wildman–Crippen MR) is 63.3 cm³/mol. The highest BCUT2D eigenvalue weighted by Gasteiger charge is 2.39. The lowest BCUT2D eigenvalue weighted by atomic mass is 10.0. The van der Waals surface area contributed by atoms with Crippen molar-refractivity contribution in [2.75, 3.05) is 0 Å². The number of nitrogens with zero attached hydrogens (tertiary/aromatic N) is 4. The summed E-state index contributed by atoms with van der Waals surface area (Å²) in [6, 6.07) is 0.179. The number of alkyl halides is 3. The van der Waals surface area contributed by atoms with Gasteiger partial charge in [0, 0.05) is 0 Å². The second-order valence-electron chi connectivity index (χ2n) is 4.91. The van der Waals surface area contributed by atoms with Crippen LogP contribution < -0.4 is 0 Å². The van der Waals surface area contributed by atoms with E-state index in [9.17, 15) is 13.2 Å². The maximum atomic E-state index is 12.8. The van der Waals surface area contributed by atoms with Crippen molar-refractivity contribution in [2.24, 2.45) is 5.92 Å². The number of halogens is 3. The van der Waals surface area contributed by atoms with Gasteiger partial charge in [0.05, 0.1) is 23.9 Å². The van der Waals surface area contributed by atoms with E-state index in [1.54, 1.807) is 0 Å².